The number of likely N-dealkylation sites (tertiary alicyclic amines) is 1. The van der Waals surface area contributed by atoms with E-state index in [1.165, 1.54) is 0 Å². The number of carbonyl (C=O) groups is 1. The van der Waals surface area contributed by atoms with E-state index in [4.69, 9.17) is 5.73 Å². The van der Waals surface area contributed by atoms with Crippen molar-refractivity contribution < 1.29 is 4.79 Å². The summed E-state index contributed by atoms with van der Waals surface area (Å²) in [5.41, 5.74) is 6.69. The lowest BCUT2D eigenvalue weighted by Gasteiger charge is -2.27. The minimum Gasteiger partial charge on any atom is -0.335 e. The zero-order chi connectivity index (χ0) is 12.3. The first-order valence-corrected chi connectivity index (χ1v) is 6.14. The first kappa shape index (κ1) is 14.9. The summed E-state index contributed by atoms with van der Waals surface area (Å²) in [6.07, 6.45) is 5.69. The second-order valence-corrected chi connectivity index (χ2v) is 4.61. The van der Waals surface area contributed by atoms with Gasteiger partial charge in [0.25, 0.3) is 0 Å². The van der Waals surface area contributed by atoms with Gasteiger partial charge in [-0.15, -0.1) is 12.4 Å². The second kappa shape index (κ2) is 6.71. The minimum absolute atomic E-state index is 0. The van der Waals surface area contributed by atoms with Crippen LogP contribution in [0, 0.1) is 5.92 Å². The number of aromatic nitrogens is 1. The van der Waals surface area contributed by atoms with Gasteiger partial charge in [-0.1, -0.05) is 13.0 Å². The fourth-order valence-electron chi connectivity index (χ4n) is 2.33. The lowest BCUT2D eigenvalue weighted by atomic mass is 10.1. The predicted octanol–water partition coefficient (Wildman–Crippen LogP) is 1.76. The fraction of sp³-hybridized carbons (Fsp3) is 0.538. The van der Waals surface area contributed by atoms with Crippen LogP contribution >= 0.6 is 12.4 Å². The van der Waals surface area contributed by atoms with E-state index < -0.39 is 0 Å². The summed E-state index contributed by atoms with van der Waals surface area (Å²) in [7, 11) is 0. The van der Waals surface area contributed by atoms with Crippen LogP contribution in [-0.4, -0.2) is 28.9 Å². The van der Waals surface area contributed by atoms with E-state index >= 15 is 0 Å². The molecule has 100 valence electrons. The van der Waals surface area contributed by atoms with Gasteiger partial charge in [0.15, 0.2) is 0 Å². The van der Waals surface area contributed by atoms with Gasteiger partial charge in [-0.2, -0.15) is 0 Å². The summed E-state index contributed by atoms with van der Waals surface area (Å²) in [5, 5.41) is 0. The number of rotatable bonds is 3. The van der Waals surface area contributed by atoms with E-state index in [-0.39, 0.29) is 30.3 Å². The SMILES string of the molecule is CC(CN)C(=O)N1CCCC1c1cccnc1.Cl. The Kier molecular flexibility index (Phi) is 5.56. The van der Waals surface area contributed by atoms with E-state index in [1.54, 1.807) is 6.20 Å². The standard InChI is InChI=1S/C13H19N3O.ClH/c1-10(8-14)13(17)16-7-3-5-12(16)11-4-2-6-15-9-11;/h2,4,6,9-10,12H,3,5,7-8,14H2,1H3;1H. The highest BCUT2D eigenvalue weighted by molar-refractivity contribution is 5.85. The molecular formula is C13H20ClN3O. The summed E-state index contributed by atoms with van der Waals surface area (Å²) in [5.74, 6) is 0.0751. The van der Waals surface area contributed by atoms with Crippen LogP contribution in [0.15, 0.2) is 24.5 Å². The van der Waals surface area contributed by atoms with Crippen LogP contribution in [0.3, 0.4) is 0 Å². The summed E-state index contributed by atoms with van der Waals surface area (Å²) in [6.45, 7) is 3.14. The molecule has 0 radical (unpaired) electrons. The Labute approximate surface area is 114 Å². The van der Waals surface area contributed by atoms with E-state index in [9.17, 15) is 4.79 Å². The van der Waals surface area contributed by atoms with Gasteiger partial charge >= 0.3 is 0 Å². The zero-order valence-corrected chi connectivity index (χ0v) is 11.4. The van der Waals surface area contributed by atoms with Crippen LogP contribution in [0.2, 0.25) is 0 Å². The molecule has 1 saturated heterocycles. The van der Waals surface area contributed by atoms with Crippen molar-refractivity contribution in [2.24, 2.45) is 11.7 Å². The van der Waals surface area contributed by atoms with Crippen molar-refractivity contribution in [3.8, 4) is 0 Å². The maximum absolute atomic E-state index is 12.2. The van der Waals surface area contributed by atoms with Crippen molar-refractivity contribution >= 4 is 18.3 Å². The van der Waals surface area contributed by atoms with Crippen molar-refractivity contribution in [2.45, 2.75) is 25.8 Å². The van der Waals surface area contributed by atoms with Crippen LogP contribution in [0.4, 0.5) is 0 Å². The molecule has 1 fully saturated rings. The number of nitrogens with zero attached hydrogens (tertiary/aromatic N) is 2. The summed E-state index contributed by atoms with van der Waals surface area (Å²) in [6, 6.07) is 4.14. The molecule has 0 aliphatic carbocycles. The molecule has 1 aromatic rings. The summed E-state index contributed by atoms with van der Waals surface area (Å²) >= 11 is 0. The molecule has 4 nitrogen and oxygen atoms in total. The molecule has 2 rings (SSSR count). The molecule has 2 heterocycles. The van der Waals surface area contributed by atoms with Gasteiger partial charge in [0.1, 0.15) is 0 Å². The number of nitrogens with two attached hydrogens (primary N) is 1. The Morgan fingerprint density at radius 1 is 1.67 bits per heavy atom. The normalized spacial score (nSPS) is 20.3. The first-order valence-electron chi connectivity index (χ1n) is 6.14. The second-order valence-electron chi connectivity index (χ2n) is 4.61. The Balaban J connectivity index is 0.00000162. The van der Waals surface area contributed by atoms with Gasteiger partial charge in [-0.05, 0) is 24.5 Å². The predicted molar refractivity (Wildman–Crippen MR) is 73.4 cm³/mol. The van der Waals surface area contributed by atoms with Crippen molar-refractivity contribution in [3.63, 3.8) is 0 Å². The highest BCUT2D eigenvalue weighted by Crippen LogP contribution is 2.32. The average Bonchev–Trinajstić information content (AvgIpc) is 2.87. The Hall–Kier alpha value is -1.13. The van der Waals surface area contributed by atoms with E-state index in [1.807, 2.05) is 30.2 Å². The third-order valence-electron chi connectivity index (χ3n) is 3.38. The molecule has 1 aliphatic rings. The van der Waals surface area contributed by atoms with Gasteiger partial charge in [-0.3, -0.25) is 9.78 Å². The van der Waals surface area contributed by atoms with E-state index in [2.05, 4.69) is 4.98 Å². The zero-order valence-electron chi connectivity index (χ0n) is 10.6. The van der Waals surface area contributed by atoms with Gasteiger partial charge in [0, 0.05) is 31.4 Å². The van der Waals surface area contributed by atoms with Crippen LogP contribution in [0.1, 0.15) is 31.4 Å². The Morgan fingerprint density at radius 3 is 3.06 bits per heavy atom. The largest absolute Gasteiger partial charge is 0.335 e. The Morgan fingerprint density at radius 2 is 2.44 bits per heavy atom. The van der Waals surface area contributed by atoms with Crippen LogP contribution in [0.25, 0.3) is 0 Å². The van der Waals surface area contributed by atoms with Gasteiger partial charge < -0.3 is 10.6 Å². The smallest absolute Gasteiger partial charge is 0.227 e. The van der Waals surface area contributed by atoms with Crippen molar-refractivity contribution in [1.82, 2.24) is 9.88 Å². The molecule has 0 spiro atoms. The maximum atomic E-state index is 12.2. The molecule has 1 aromatic heterocycles. The number of halogens is 1. The van der Waals surface area contributed by atoms with Crippen LogP contribution < -0.4 is 5.73 Å². The molecule has 2 N–H and O–H groups in total. The van der Waals surface area contributed by atoms with Crippen LogP contribution in [0.5, 0.6) is 0 Å². The molecule has 0 saturated carbocycles. The highest BCUT2D eigenvalue weighted by atomic mass is 35.5. The number of hydrogen-bond donors (Lipinski definition) is 1. The number of pyridine rings is 1. The first-order chi connectivity index (χ1) is 8.24. The molecule has 1 amide bonds. The molecular weight excluding hydrogens is 250 g/mol. The summed E-state index contributed by atoms with van der Waals surface area (Å²) < 4.78 is 0. The lowest BCUT2D eigenvalue weighted by Crippen LogP contribution is -2.37. The molecule has 2 atom stereocenters. The van der Waals surface area contributed by atoms with Crippen LogP contribution in [-0.2, 0) is 4.79 Å². The molecule has 5 heteroatoms. The highest BCUT2D eigenvalue weighted by Gasteiger charge is 2.31. The number of amides is 1. The average molecular weight is 270 g/mol. The molecule has 1 aliphatic heterocycles. The van der Waals surface area contributed by atoms with Crippen molar-refractivity contribution in [1.29, 1.82) is 0 Å². The summed E-state index contributed by atoms with van der Waals surface area (Å²) in [4.78, 5) is 18.3. The monoisotopic (exact) mass is 269 g/mol. The lowest BCUT2D eigenvalue weighted by molar-refractivity contribution is -0.135. The fourth-order valence-corrected chi connectivity index (χ4v) is 2.33. The van der Waals surface area contributed by atoms with Gasteiger partial charge in [-0.25, -0.2) is 0 Å². The van der Waals surface area contributed by atoms with Crippen molar-refractivity contribution in [3.05, 3.63) is 30.1 Å². The maximum Gasteiger partial charge on any atom is 0.227 e. The Bertz CT molecular complexity index is 385. The van der Waals surface area contributed by atoms with Gasteiger partial charge in [0.2, 0.25) is 5.91 Å². The molecule has 0 aromatic carbocycles. The third-order valence-corrected chi connectivity index (χ3v) is 3.38. The number of hydrogen-bond acceptors (Lipinski definition) is 3. The molecule has 0 bridgehead atoms. The number of carbonyl (C=O) groups excluding carboxylic acids is 1. The van der Waals surface area contributed by atoms with Crippen molar-refractivity contribution in [2.75, 3.05) is 13.1 Å². The van der Waals surface area contributed by atoms with E-state index in [0.717, 1.165) is 24.9 Å². The molecule has 2 unspecified atom stereocenters. The minimum atomic E-state index is -0.0905. The quantitative estimate of drug-likeness (QED) is 0.910. The van der Waals surface area contributed by atoms with E-state index in [0.29, 0.717) is 6.54 Å². The molecule has 18 heavy (non-hydrogen) atoms. The third kappa shape index (κ3) is 3.00. The topological polar surface area (TPSA) is 59.2 Å². The van der Waals surface area contributed by atoms with Gasteiger partial charge in [0.05, 0.1) is 6.04 Å².